The zero-order chi connectivity index (χ0) is 22.7. The summed E-state index contributed by atoms with van der Waals surface area (Å²) in [5, 5.41) is 3.25. The number of nitrogen functional groups attached to an aromatic ring is 1. The molecule has 0 aliphatic heterocycles. The van der Waals surface area contributed by atoms with Gasteiger partial charge in [-0.15, -0.1) is 0 Å². The van der Waals surface area contributed by atoms with Gasteiger partial charge < -0.3 is 15.8 Å². The number of esters is 1. The molecule has 31 heavy (non-hydrogen) atoms. The molecular formula is C26H44N2O3. The van der Waals surface area contributed by atoms with Crippen molar-refractivity contribution in [2.24, 2.45) is 0 Å². The van der Waals surface area contributed by atoms with Crippen molar-refractivity contribution in [1.29, 1.82) is 0 Å². The van der Waals surface area contributed by atoms with Crippen LogP contribution >= 0.6 is 0 Å². The standard InChI is InChI=1S/C26H44N2O3/c1-3-4-5-6-9-12-15-24(28-26(30)22-18-20-23(27)21-19-22)16-13-10-7-8-11-14-17-25(29)31-2/h18-21,24H,3-17,27H2,1-2H3,(H,28,30). The van der Waals surface area contributed by atoms with E-state index in [9.17, 15) is 9.59 Å². The molecule has 0 bridgehead atoms. The molecule has 0 saturated carbocycles. The Labute approximate surface area is 189 Å². The SMILES string of the molecule is CCCCCCCCC(CCCCCCCCC(=O)OC)NC(=O)c1ccc(N)cc1. The van der Waals surface area contributed by atoms with Gasteiger partial charge in [0.2, 0.25) is 0 Å². The fourth-order valence-electron chi connectivity index (χ4n) is 3.83. The number of carbonyl (C=O) groups excluding carboxylic acids is 2. The summed E-state index contributed by atoms with van der Waals surface area (Å²) in [5.74, 6) is -0.117. The normalized spacial score (nSPS) is 11.8. The van der Waals surface area contributed by atoms with Gasteiger partial charge in [-0.2, -0.15) is 0 Å². The van der Waals surface area contributed by atoms with E-state index in [4.69, 9.17) is 5.73 Å². The second-order valence-corrected chi connectivity index (χ2v) is 8.58. The van der Waals surface area contributed by atoms with Gasteiger partial charge in [0.25, 0.3) is 5.91 Å². The highest BCUT2D eigenvalue weighted by atomic mass is 16.5. The Bertz CT molecular complexity index is 601. The second-order valence-electron chi connectivity index (χ2n) is 8.58. The highest BCUT2D eigenvalue weighted by Crippen LogP contribution is 2.16. The summed E-state index contributed by atoms with van der Waals surface area (Å²) in [6.07, 6.45) is 16.8. The van der Waals surface area contributed by atoms with Crippen molar-refractivity contribution in [2.75, 3.05) is 12.8 Å². The van der Waals surface area contributed by atoms with Crippen LogP contribution in [0.1, 0.15) is 114 Å². The minimum absolute atomic E-state index is 0.00112. The van der Waals surface area contributed by atoms with E-state index < -0.39 is 0 Å². The molecule has 1 atom stereocenters. The lowest BCUT2D eigenvalue weighted by atomic mass is 9.99. The lowest BCUT2D eigenvalue weighted by Gasteiger charge is -2.19. The smallest absolute Gasteiger partial charge is 0.305 e. The number of unbranched alkanes of at least 4 members (excludes halogenated alkanes) is 10. The molecule has 1 amide bonds. The fraction of sp³-hybridized carbons (Fsp3) is 0.692. The van der Waals surface area contributed by atoms with Crippen molar-refractivity contribution < 1.29 is 14.3 Å². The molecule has 176 valence electrons. The van der Waals surface area contributed by atoms with Crippen molar-refractivity contribution in [1.82, 2.24) is 5.32 Å². The van der Waals surface area contributed by atoms with E-state index >= 15 is 0 Å². The van der Waals surface area contributed by atoms with Gasteiger partial charge in [-0.3, -0.25) is 9.59 Å². The average Bonchev–Trinajstić information content (AvgIpc) is 2.77. The molecule has 0 saturated heterocycles. The highest BCUT2D eigenvalue weighted by molar-refractivity contribution is 5.94. The number of hydrogen-bond acceptors (Lipinski definition) is 4. The van der Waals surface area contributed by atoms with Crippen LogP contribution < -0.4 is 11.1 Å². The van der Waals surface area contributed by atoms with Crippen LogP contribution in [0.15, 0.2) is 24.3 Å². The Kier molecular flexibility index (Phi) is 15.3. The van der Waals surface area contributed by atoms with E-state index in [1.54, 1.807) is 24.3 Å². The van der Waals surface area contributed by atoms with Crippen LogP contribution in [0.4, 0.5) is 5.69 Å². The van der Waals surface area contributed by atoms with Gasteiger partial charge >= 0.3 is 5.97 Å². The van der Waals surface area contributed by atoms with E-state index in [-0.39, 0.29) is 17.9 Å². The molecule has 1 aromatic rings. The molecule has 5 nitrogen and oxygen atoms in total. The van der Waals surface area contributed by atoms with Crippen LogP contribution in [0, 0.1) is 0 Å². The first-order valence-electron chi connectivity index (χ1n) is 12.3. The number of benzene rings is 1. The monoisotopic (exact) mass is 432 g/mol. The fourth-order valence-corrected chi connectivity index (χ4v) is 3.83. The van der Waals surface area contributed by atoms with Gasteiger partial charge in [-0.25, -0.2) is 0 Å². The number of nitrogens with one attached hydrogen (secondary N) is 1. The zero-order valence-corrected chi connectivity index (χ0v) is 19.8. The minimum Gasteiger partial charge on any atom is -0.469 e. The summed E-state index contributed by atoms with van der Waals surface area (Å²) in [4.78, 5) is 23.8. The Morgan fingerprint density at radius 1 is 0.839 bits per heavy atom. The van der Waals surface area contributed by atoms with Crippen molar-refractivity contribution in [3.05, 3.63) is 29.8 Å². The molecule has 0 radical (unpaired) electrons. The maximum absolute atomic E-state index is 12.6. The maximum atomic E-state index is 12.6. The molecule has 1 unspecified atom stereocenters. The number of hydrogen-bond donors (Lipinski definition) is 2. The van der Waals surface area contributed by atoms with Crippen LogP contribution in [0.25, 0.3) is 0 Å². The van der Waals surface area contributed by atoms with E-state index in [0.717, 1.165) is 38.5 Å². The van der Waals surface area contributed by atoms with Gasteiger partial charge in [-0.1, -0.05) is 77.6 Å². The number of methoxy groups -OCH3 is 1. The number of rotatable bonds is 18. The van der Waals surface area contributed by atoms with Gasteiger partial charge in [0.1, 0.15) is 0 Å². The van der Waals surface area contributed by atoms with Crippen LogP contribution in [0.2, 0.25) is 0 Å². The van der Waals surface area contributed by atoms with Crippen molar-refractivity contribution in [3.8, 4) is 0 Å². The Morgan fingerprint density at radius 2 is 1.35 bits per heavy atom. The third kappa shape index (κ3) is 13.8. The molecule has 0 spiro atoms. The molecular weight excluding hydrogens is 388 g/mol. The highest BCUT2D eigenvalue weighted by Gasteiger charge is 2.13. The Balaban J connectivity index is 2.33. The van der Waals surface area contributed by atoms with Crippen LogP contribution in [0.3, 0.4) is 0 Å². The second kappa shape index (κ2) is 17.6. The largest absolute Gasteiger partial charge is 0.469 e. The molecule has 1 rings (SSSR count). The maximum Gasteiger partial charge on any atom is 0.305 e. The third-order valence-electron chi connectivity index (χ3n) is 5.83. The third-order valence-corrected chi connectivity index (χ3v) is 5.83. The average molecular weight is 433 g/mol. The van der Waals surface area contributed by atoms with E-state index in [0.29, 0.717) is 17.7 Å². The van der Waals surface area contributed by atoms with E-state index in [1.807, 2.05) is 0 Å². The zero-order valence-electron chi connectivity index (χ0n) is 19.8. The first kappa shape index (κ1) is 27.0. The topological polar surface area (TPSA) is 81.4 Å². The molecule has 3 N–H and O–H groups in total. The number of ether oxygens (including phenoxy) is 1. The molecule has 0 aliphatic rings. The van der Waals surface area contributed by atoms with Crippen LogP contribution in [-0.4, -0.2) is 25.0 Å². The van der Waals surface area contributed by atoms with Gasteiger partial charge in [0, 0.05) is 23.7 Å². The molecule has 1 aromatic carbocycles. The number of anilines is 1. The number of nitrogens with two attached hydrogens (primary N) is 1. The first-order valence-corrected chi connectivity index (χ1v) is 12.3. The molecule has 0 fully saturated rings. The first-order chi connectivity index (χ1) is 15.1. The van der Waals surface area contributed by atoms with E-state index in [2.05, 4.69) is 17.0 Å². The van der Waals surface area contributed by atoms with Gasteiger partial charge in [0.15, 0.2) is 0 Å². The predicted octanol–water partition coefficient (Wildman–Crippen LogP) is 6.41. The van der Waals surface area contributed by atoms with Gasteiger partial charge in [0.05, 0.1) is 7.11 Å². The quantitative estimate of drug-likeness (QED) is 0.159. The minimum atomic E-state index is -0.116. The predicted molar refractivity (Wildman–Crippen MR) is 129 cm³/mol. The summed E-state index contributed by atoms with van der Waals surface area (Å²) in [7, 11) is 1.44. The summed E-state index contributed by atoms with van der Waals surface area (Å²) in [5.41, 5.74) is 7.08. The number of amides is 1. The number of carbonyl (C=O) groups is 2. The molecule has 0 aliphatic carbocycles. The summed E-state index contributed by atoms with van der Waals surface area (Å²) < 4.78 is 4.67. The summed E-state index contributed by atoms with van der Waals surface area (Å²) in [6, 6.07) is 7.37. The Morgan fingerprint density at radius 3 is 1.90 bits per heavy atom. The lowest BCUT2D eigenvalue weighted by Crippen LogP contribution is -2.34. The molecule has 5 heteroatoms. The van der Waals surface area contributed by atoms with Crippen molar-refractivity contribution in [3.63, 3.8) is 0 Å². The van der Waals surface area contributed by atoms with E-state index in [1.165, 1.54) is 58.5 Å². The van der Waals surface area contributed by atoms with Crippen LogP contribution in [-0.2, 0) is 9.53 Å². The lowest BCUT2D eigenvalue weighted by molar-refractivity contribution is -0.140. The van der Waals surface area contributed by atoms with Crippen molar-refractivity contribution >= 4 is 17.6 Å². The van der Waals surface area contributed by atoms with Crippen LogP contribution in [0.5, 0.6) is 0 Å². The summed E-state index contributed by atoms with van der Waals surface area (Å²) in [6.45, 7) is 2.24. The van der Waals surface area contributed by atoms with Crippen molar-refractivity contribution in [2.45, 2.75) is 109 Å². The molecule has 0 aromatic heterocycles. The Hall–Kier alpha value is -2.04. The van der Waals surface area contributed by atoms with Gasteiger partial charge in [-0.05, 0) is 43.5 Å². The summed E-state index contributed by atoms with van der Waals surface area (Å²) >= 11 is 0. The molecule has 0 heterocycles.